The van der Waals surface area contributed by atoms with Crippen LogP contribution in [0.25, 0.3) is 0 Å². The summed E-state index contributed by atoms with van der Waals surface area (Å²) in [7, 11) is 0.782. The van der Waals surface area contributed by atoms with Crippen LogP contribution in [-0.4, -0.2) is 30.8 Å². The quantitative estimate of drug-likeness (QED) is 0.384. The number of amides is 1. The van der Waals surface area contributed by atoms with Crippen molar-refractivity contribution < 1.29 is 27.5 Å². The molecule has 1 aromatic heterocycles. The van der Waals surface area contributed by atoms with Gasteiger partial charge >= 0.3 is 17.8 Å². The van der Waals surface area contributed by atoms with E-state index < -0.39 is 23.7 Å². The fourth-order valence-electron chi connectivity index (χ4n) is 4.13. The van der Waals surface area contributed by atoms with E-state index in [1.807, 2.05) is 6.07 Å². The highest BCUT2D eigenvalue weighted by Crippen LogP contribution is 2.45. The number of esters is 1. The minimum atomic E-state index is -5.33. The molecule has 2 unspecified atom stereocenters. The third kappa shape index (κ3) is 5.11. The van der Waals surface area contributed by atoms with Crippen LogP contribution in [0, 0.1) is 22.7 Å². The van der Waals surface area contributed by atoms with Gasteiger partial charge in [0.15, 0.2) is 0 Å². The molecule has 0 saturated carbocycles. The summed E-state index contributed by atoms with van der Waals surface area (Å²) >= 11 is 6.97. The van der Waals surface area contributed by atoms with Crippen LogP contribution in [0.5, 0.6) is 0 Å². The second-order valence-electron chi connectivity index (χ2n) is 9.42. The van der Waals surface area contributed by atoms with E-state index in [0.717, 1.165) is 29.7 Å². The molecular weight excluding hydrogens is 503 g/mol. The minimum absolute atomic E-state index is 0.0211. The van der Waals surface area contributed by atoms with Crippen molar-refractivity contribution in [2.45, 2.75) is 51.9 Å². The normalized spacial score (nSPS) is 17.5. The number of nitriles is 1. The largest absolute Gasteiger partial charge is 0.466 e. The molecule has 1 amide bonds. The number of ether oxygens (including phenoxy) is 1. The van der Waals surface area contributed by atoms with E-state index in [-0.39, 0.29) is 32.5 Å². The molecule has 0 bridgehead atoms. The van der Waals surface area contributed by atoms with Crippen LogP contribution in [0.15, 0.2) is 24.3 Å². The first-order valence-corrected chi connectivity index (χ1v) is 12.0. The predicted molar refractivity (Wildman–Crippen MR) is 127 cm³/mol. The minimum Gasteiger partial charge on any atom is -0.466 e. The molecule has 0 spiro atoms. The van der Waals surface area contributed by atoms with Gasteiger partial charge < -0.3 is 15.4 Å². The number of carbonyl (C=O) groups is 2. The van der Waals surface area contributed by atoms with E-state index in [2.05, 4.69) is 30.8 Å². The van der Waals surface area contributed by atoms with Crippen LogP contribution in [0.1, 0.15) is 53.6 Å². The van der Waals surface area contributed by atoms with E-state index in [4.69, 9.17) is 11.6 Å². The summed E-state index contributed by atoms with van der Waals surface area (Å²) in [6.07, 6.45) is -3.42. The number of rotatable bonds is 5. The number of halogens is 4. The Balaban J connectivity index is 2.09. The average Bonchev–Trinajstić information content (AvgIpc) is 3.12. The van der Waals surface area contributed by atoms with Crippen molar-refractivity contribution in [3.63, 3.8) is 0 Å². The van der Waals surface area contributed by atoms with Gasteiger partial charge in [-0.05, 0) is 48.3 Å². The van der Waals surface area contributed by atoms with Crippen molar-refractivity contribution in [3.05, 3.63) is 50.9 Å². The Morgan fingerprint density at radius 2 is 1.89 bits per heavy atom. The van der Waals surface area contributed by atoms with Gasteiger partial charge in [-0.3, -0.25) is 4.79 Å². The van der Waals surface area contributed by atoms with Crippen molar-refractivity contribution in [2.24, 2.45) is 11.3 Å². The topological polar surface area (TPSA) is 91.2 Å². The number of nitrogens with one attached hydrogen (secondary N) is 2. The van der Waals surface area contributed by atoms with Gasteiger partial charge in [-0.1, -0.05) is 44.5 Å². The molecule has 2 atom stereocenters. The van der Waals surface area contributed by atoms with Gasteiger partial charge in [0, 0.05) is 4.88 Å². The highest BCUT2D eigenvalue weighted by molar-refractivity contribution is 7.16. The van der Waals surface area contributed by atoms with Crippen molar-refractivity contribution in [1.29, 1.82) is 5.26 Å². The monoisotopic (exact) mass is 527 g/mol. The summed E-state index contributed by atoms with van der Waals surface area (Å²) in [6, 6.07) is 7.48. The number of alkyl halides is 3. The van der Waals surface area contributed by atoms with Crippen LogP contribution in [0.4, 0.5) is 18.2 Å². The fourth-order valence-corrected chi connectivity index (χ4v) is 5.68. The number of fused-ring (bicyclic) bond motifs is 1. The Morgan fingerprint density at radius 3 is 2.43 bits per heavy atom. The van der Waals surface area contributed by atoms with Crippen LogP contribution < -0.4 is 10.6 Å². The second-order valence-corrected chi connectivity index (χ2v) is 10.9. The summed E-state index contributed by atoms with van der Waals surface area (Å²) in [4.78, 5) is 26.3. The van der Waals surface area contributed by atoms with E-state index in [1.54, 1.807) is 5.32 Å². The number of hydrogen-bond acceptors (Lipinski definition) is 6. The zero-order valence-corrected chi connectivity index (χ0v) is 21.2. The van der Waals surface area contributed by atoms with Crippen LogP contribution in [0.2, 0.25) is 5.02 Å². The third-order valence-corrected chi connectivity index (χ3v) is 7.74. The predicted octanol–water partition coefficient (Wildman–Crippen LogP) is 5.70. The highest BCUT2D eigenvalue weighted by atomic mass is 35.5. The average molecular weight is 528 g/mol. The van der Waals surface area contributed by atoms with Crippen molar-refractivity contribution in [2.75, 3.05) is 12.4 Å². The molecule has 6 nitrogen and oxygen atoms in total. The zero-order valence-electron chi connectivity index (χ0n) is 19.6. The summed E-state index contributed by atoms with van der Waals surface area (Å²) in [5, 5.41) is 13.5. The Labute approximate surface area is 210 Å². The Morgan fingerprint density at radius 1 is 1.23 bits per heavy atom. The van der Waals surface area contributed by atoms with Crippen LogP contribution in [-0.2, 0) is 22.4 Å². The van der Waals surface area contributed by atoms with Gasteiger partial charge in [-0.15, -0.1) is 11.3 Å². The molecule has 1 aromatic carbocycles. The van der Waals surface area contributed by atoms with Gasteiger partial charge in [0.1, 0.15) is 11.1 Å². The van der Waals surface area contributed by atoms with E-state index in [1.165, 1.54) is 24.3 Å². The second kappa shape index (κ2) is 9.70. The maximum absolute atomic E-state index is 14.5. The summed E-state index contributed by atoms with van der Waals surface area (Å²) in [5.41, 5.74) is -3.24. The van der Waals surface area contributed by atoms with Gasteiger partial charge in [0.2, 0.25) is 0 Å². The molecule has 1 heterocycles. The van der Waals surface area contributed by atoms with E-state index >= 15 is 0 Å². The molecule has 35 heavy (non-hydrogen) atoms. The van der Waals surface area contributed by atoms with Gasteiger partial charge in [0.25, 0.3) is 5.91 Å². The molecule has 3 rings (SSSR count). The van der Waals surface area contributed by atoms with Crippen LogP contribution >= 0.6 is 22.9 Å². The molecule has 1 aliphatic carbocycles. The molecule has 0 radical (unpaired) electrons. The molecule has 2 aromatic rings. The maximum Gasteiger partial charge on any atom is 0.441 e. The smallest absolute Gasteiger partial charge is 0.441 e. The van der Waals surface area contributed by atoms with Gasteiger partial charge in [0.05, 0.1) is 23.3 Å². The Kier molecular flexibility index (Phi) is 7.44. The number of hydrogen-bond donors (Lipinski definition) is 2. The molecule has 0 saturated heterocycles. The number of methoxy groups -OCH3 is 1. The van der Waals surface area contributed by atoms with Gasteiger partial charge in [-0.25, -0.2) is 4.79 Å². The Bertz CT molecular complexity index is 1180. The number of anilines is 1. The van der Waals surface area contributed by atoms with E-state index in [9.17, 15) is 28.0 Å². The first-order chi connectivity index (χ1) is 16.2. The summed E-state index contributed by atoms with van der Waals surface area (Å²) in [6.45, 7) is 6.28. The molecule has 2 N–H and O–H groups in total. The maximum atomic E-state index is 14.5. The Hall–Kier alpha value is -2.77. The fraction of sp³-hybridized carbons (Fsp3) is 0.458. The molecular formula is C24H25ClF3N3O3S. The number of benzene rings is 1. The molecule has 0 fully saturated rings. The number of nitrogens with zero attached hydrogens (tertiary/aromatic N) is 1. The lowest BCUT2D eigenvalue weighted by molar-refractivity contribution is -0.203. The van der Waals surface area contributed by atoms with Crippen molar-refractivity contribution >= 4 is 39.8 Å². The first kappa shape index (κ1) is 26.8. The summed E-state index contributed by atoms with van der Waals surface area (Å²) < 4.78 is 48.0. The van der Waals surface area contributed by atoms with Crippen molar-refractivity contribution in [3.8, 4) is 6.07 Å². The number of carbonyl (C=O) groups excluding carboxylic acids is 2. The van der Waals surface area contributed by atoms with Crippen molar-refractivity contribution in [1.82, 2.24) is 5.32 Å². The molecule has 11 heteroatoms. The van der Waals surface area contributed by atoms with E-state index in [0.29, 0.717) is 18.4 Å². The molecule has 1 aliphatic rings. The lowest BCUT2D eigenvalue weighted by Crippen LogP contribution is -2.69. The molecule has 0 aliphatic heterocycles. The lowest BCUT2D eigenvalue weighted by Gasteiger charge is -2.34. The first-order valence-electron chi connectivity index (χ1n) is 10.8. The zero-order chi connectivity index (χ0) is 26.2. The summed E-state index contributed by atoms with van der Waals surface area (Å²) in [5.74, 6) is -2.74. The third-order valence-electron chi connectivity index (χ3n) is 6.24. The lowest BCUT2D eigenvalue weighted by atomic mass is 9.72. The molecule has 188 valence electrons. The standard InChI is InChI=1S/C24H25ClF3N3O3S/c1-22(2,3)13-9-10-14-16(12-29)20(35-18(14)11-13)31-23(21(33)34-4,24(26,27)28)30-19(32)15-7-5-6-8-17(15)25/h5-8,13,31H,9-11H2,1-4H3,(H,30,32). The SMILES string of the molecule is COC(=O)C(NC(=O)c1ccccc1Cl)(Nc1sc2c(c1C#N)CCC(C(C)(C)C)C2)C(F)(F)F. The van der Waals surface area contributed by atoms with Gasteiger partial charge in [-0.2, -0.15) is 18.4 Å². The number of thiophene rings is 1. The highest BCUT2D eigenvalue weighted by Gasteiger charge is 2.64. The van der Waals surface area contributed by atoms with Crippen LogP contribution in [0.3, 0.4) is 0 Å².